The van der Waals surface area contributed by atoms with E-state index in [0.717, 1.165) is 15.4 Å². The fraction of sp³-hybridized carbons (Fsp3) is 0.355. The van der Waals surface area contributed by atoms with Gasteiger partial charge in [-0.05, 0) is 75.6 Å². The lowest BCUT2D eigenvalue weighted by Gasteiger charge is -2.34. The highest BCUT2D eigenvalue weighted by atomic mass is 35.5. The summed E-state index contributed by atoms with van der Waals surface area (Å²) in [6, 6.07) is 17.6. The van der Waals surface area contributed by atoms with E-state index in [1.807, 2.05) is 34.6 Å². The molecule has 0 bridgehead atoms. The lowest BCUT2D eigenvalue weighted by atomic mass is 10.1. The molecule has 41 heavy (non-hydrogen) atoms. The third-order valence-corrected chi connectivity index (χ3v) is 8.75. The Labute approximate surface area is 248 Å². The van der Waals surface area contributed by atoms with Gasteiger partial charge in [0.25, 0.3) is 10.0 Å². The zero-order chi connectivity index (χ0) is 30.3. The molecule has 8 nitrogen and oxygen atoms in total. The fourth-order valence-corrected chi connectivity index (χ4v) is 6.07. The molecule has 0 fully saturated rings. The van der Waals surface area contributed by atoms with Crippen LogP contribution in [0, 0.1) is 13.8 Å². The molecule has 0 unspecified atom stereocenters. The summed E-state index contributed by atoms with van der Waals surface area (Å²) >= 11 is 6.45. The number of benzene rings is 3. The van der Waals surface area contributed by atoms with Crippen LogP contribution in [0.25, 0.3) is 0 Å². The van der Waals surface area contributed by atoms with Crippen molar-refractivity contribution >= 4 is 39.1 Å². The third kappa shape index (κ3) is 7.80. The van der Waals surface area contributed by atoms with Gasteiger partial charge in [-0.15, -0.1) is 0 Å². The number of hydrogen-bond donors (Lipinski definition) is 1. The summed E-state index contributed by atoms with van der Waals surface area (Å²) in [5, 5.41) is 3.32. The lowest BCUT2D eigenvalue weighted by Crippen LogP contribution is -2.53. The number of halogens is 1. The second-order valence-corrected chi connectivity index (χ2v) is 12.5. The molecule has 3 rings (SSSR count). The van der Waals surface area contributed by atoms with Gasteiger partial charge in [0.15, 0.2) is 0 Å². The maximum atomic E-state index is 14.2. The predicted molar refractivity (Wildman–Crippen MR) is 163 cm³/mol. The normalized spacial score (nSPS) is 12.1. The van der Waals surface area contributed by atoms with E-state index in [9.17, 15) is 18.0 Å². The van der Waals surface area contributed by atoms with E-state index >= 15 is 0 Å². The molecule has 0 aliphatic heterocycles. The van der Waals surface area contributed by atoms with Crippen LogP contribution in [0.1, 0.15) is 43.9 Å². The number of rotatable bonds is 12. The van der Waals surface area contributed by atoms with Crippen molar-refractivity contribution in [2.45, 2.75) is 64.6 Å². The standard InChI is InChI=1S/C31H38ClN3O5S/c1-7-27(31(37)33-21(2)3)34(19-24-10-8-9-11-26(24)32)30(36)20-35(28-18-23(5)14-17-29(28)40-6)41(38,39)25-15-12-22(4)13-16-25/h8-18,21,27H,7,19-20H2,1-6H3,(H,33,37)/t27-/m0/s1. The van der Waals surface area contributed by atoms with Gasteiger partial charge in [-0.1, -0.05) is 60.5 Å². The van der Waals surface area contributed by atoms with Crippen molar-refractivity contribution in [2.75, 3.05) is 18.0 Å². The zero-order valence-electron chi connectivity index (χ0n) is 24.3. The average molecular weight is 600 g/mol. The van der Waals surface area contributed by atoms with Crippen LogP contribution in [0.15, 0.2) is 71.6 Å². The second-order valence-electron chi connectivity index (χ2n) is 10.2. The molecule has 3 aromatic rings. The molecule has 0 heterocycles. The number of ether oxygens (including phenoxy) is 1. The number of methoxy groups -OCH3 is 1. The maximum Gasteiger partial charge on any atom is 0.264 e. The molecule has 10 heteroatoms. The van der Waals surface area contributed by atoms with Gasteiger partial charge in [0.05, 0.1) is 17.7 Å². The van der Waals surface area contributed by atoms with Gasteiger partial charge in [0.1, 0.15) is 18.3 Å². The van der Waals surface area contributed by atoms with E-state index in [1.54, 1.807) is 54.6 Å². The van der Waals surface area contributed by atoms with Gasteiger partial charge in [-0.25, -0.2) is 8.42 Å². The topological polar surface area (TPSA) is 96.0 Å². The SMILES string of the molecule is CC[C@@H](C(=O)NC(C)C)N(Cc1ccccc1Cl)C(=O)CN(c1cc(C)ccc1OC)S(=O)(=O)c1ccc(C)cc1. The minimum Gasteiger partial charge on any atom is -0.495 e. The molecule has 220 valence electrons. The molecule has 0 aliphatic carbocycles. The minimum atomic E-state index is -4.22. The Kier molecular flexibility index (Phi) is 10.8. The molecular formula is C31H38ClN3O5S. The lowest BCUT2D eigenvalue weighted by molar-refractivity contribution is -0.140. The van der Waals surface area contributed by atoms with Crippen molar-refractivity contribution in [3.63, 3.8) is 0 Å². The van der Waals surface area contributed by atoms with Gasteiger partial charge in [0.2, 0.25) is 11.8 Å². The molecule has 0 radical (unpaired) electrons. The molecule has 0 aromatic heterocycles. The Hall–Kier alpha value is -3.56. The van der Waals surface area contributed by atoms with E-state index in [0.29, 0.717) is 22.8 Å². The summed E-state index contributed by atoms with van der Waals surface area (Å²) < 4.78 is 34.8. The first-order valence-corrected chi connectivity index (χ1v) is 15.3. The van der Waals surface area contributed by atoms with E-state index in [4.69, 9.17) is 16.3 Å². The molecule has 0 saturated carbocycles. The first-order chi connectivity index (χ1) is 19.4. The Morgan fingerprint density at radius 1 is 0.976 bits per heavy atom. The second kappa shape index (κ2) is 13.9. The van der Waals surface area contributed by atoms with Gasteiger partial charge in [-0.3, -0.25) is 13.9 Å². The van der Waals surface area contributed by atoms with Gasteiger partial charge in [0, 0.05) is 17.6 Å². The van der Waals surface area contributed by atoms with Crippen molar-refractivity contribution in [3.8, 4) is 5.75 Å². The van der Waals surface area contributed by atoms with Crippen LogP contribution in [0.5, 0.6) is 5.75 Å². The molecule has 1 atom stereocenters. The van der Waals surface area contributed by atoms with Crippen LogP contribution in [0.2, 0.25) is 5.02 Å². The van der Waals surface area contributed by atoms with Gasteiger partial charge < -0.3 is 15.0 Å². The van der Waals surface area contributed by atoms with Crippen molar-refractivity contribution < 1.29 is 22.7 Å². The fourth-order valence-electron chi connectivity index (χ4n) is 4.46. The molecule has 2 amide bonds. The van der Waals surface area contributed by atoms with Crippen molar-refractivity contribution in [2.24, 2.45) is 0 Å². The highest BCUT2D eigenvalue weighted by Crippen LogP contribution is 2.34. The Morgan fingerprint density at radius 2 is 1.61 bits per heavy atom. The number of aryl methyl sites for hydroxylation is 2. The van der Waals surface area contributed by atoms with E-state index in [-0.39, 0.29) is 29.1 Å². The van der Waals surface area contributed by atoms with Crippen LogP contribution in [-0.4, -0.2) is 50.9 Å². The van der Waals surface area contributed by atoms with E-state index in [1.165, 1.54) is 24.1 Å². The largest absolute Gasteiger partial charge is 0.495 e. The molecule has 0 spiro atoms. The van der Waals surface area contributed by atoms with Crippen LogP contribution < -0.4 is 14.4 Å². The number of sulfonamides is 1. The smallest absolute Gasteiger partial charge is 0.264 e. The number of nitrogens with one attached hydrogen (secondary N) is 1. The zero-order valence-corrected chi connectivity index (χ0v) is 25.9. The summed E-state index contributed by atoms with van der Waals surface area (Å²) in [5.74, 6) is -0.597. The number of anilines is 1. The predicted octanol–water partition coefficient (Wildman–Crippen LogP) is 5.49. The van der Waals surface area contributed by atoms with Gasteiger partial charge in [-0.2, -0.15) is 0 Å². The van der Waals surface area contributed by atoms with Crippen molar-refractivity contribution in [1.82, 2.24) is 10.2 Å². The quantitative estimate of drug-likeness (QED) is 0.297. The molecule has 0 aliphatic rings. The summed E-state index contributed by atoms with van der Waals surface area (Å²) in [6.07, 6.45) is 0.313. The number of amides is 2. The van der Waals surface area contributed by atoms with Crippen molar-refractivity contribution in [1.29, 1.82) is 0 Å². The first kappa shape index (κ1) is 32.0. The third-order valence-electron chi connectivity index (χ3n) is 6.61. The summed E-state index contributed by atoms with van der Waals surface area (Å²) in [7, 11) is -2.78. The van der Waals surface area contributed by atoms with Crippen molar-refractivity contribution in [3.05, 3.63) is 88.4 Å². The summed E-state index contributed by atoms with van der Waals surface area (Å²) in [5.41, 5.74) is 2.54. The van der Waals surface area contributed by atoms with Crippen LogP contribution in [0.3, 0.4) is 0 Å². The first-order valence-electron chi connectivity index (χ1n) is 13.5. The Balaban J connectivity index is 2.15. The molecule has 1 N–H and O–H groups in total. The summed E-state index contributed by atoms with van der Waals surface area (Å²) in [6.45, 7) is 8.63. The number of carbonyl (C=O) groups is 2. The molecule has 3 aromatic carbocycles. The maximum absolute atomic E-state index is 14.2. The van der Waals surface area contributed by atoms with E-state index < -0.39 is 28.5 Å². The number of nitrogens with zero attached hydrogens (tertiary/aromatic N) is 2. The molecular weight excluding hydrogens is 562 g/mol. The van der Waals surface area contributed by atoms with Gasteiger partial charge >= 0.3 is 0 Å². The highest BCUT2D eigenvalue weighted by molar-refractivity contribution is 7.92. The molecule has 0 saturated heterocycles. The minimum absolute atomic E-state index is 0.0197. The average Bonchev–Trinajstić information content (AvgIpc) is 2.92. The van der Waals surface area contributed by atoms with Crippen LogP contribution in [-0.2, 0) is 26.2 Å². The summed E-state index contributed by atoms with van der Waals surface area (Å²) in [4.78, 5) is 28.9. The van der Waals surface area contributed by atoms with Crippen LogP contribution >= 0.6 is 11.6 Å². The van der Waals surface area contributed by atoms with Crippen LogP contribution in [0.4, 0.5) is 5.69 Å². The Morgan fingerprint density at radius 3 is 2.20 bits per heavy atom. The van der Waals surface area contributed by atoms with E-state index in [2.05, 4.69) is 5.32 Å². The Bertz CT molecular complexity index is 1480. The monoisotopic (exact) mass is 599 g/mol. The highest BCUT2D eigenvalue weighted by Gasteiger charge is 2.35. The number of carbonyl (C=O) groups excluding carboxylic acids is 2. The number of hydrogen-bond acceptors (Lipinski definition) is 5.